The van der Waals surface area contributed by atoms with E-state index >= 15 is 0 Å². The SMILES string of the molecule is O=C(c1cncc(Nc2cc(Cl)ccc2Cl)c1)N1CCc2ccccc21. The third-order valence-corrected chi connectivity index (χ3v) is 4.89. The van der Waals surface area contributed by atoms with Gasteiger partial charge in [0, 0.05) is 23.5 Å². The largest absolute Gasteiger partial charge is 0.353 e. The first-order valence-corrected chi connectivity index (χ1v) is 8.94. The van der Waals surface area contributed by atoms with Crippen LogP contribution in [0.15, 0.2) is 60.9 Å². The number of nitrogens with zero attached hydrogens (tertiary/aromatic N) is 2. The summed E-state index contributed by atoms with van der Waals surface area (Å²) in [6.07, 6.45) is 4.09. The van der Waals surface area contributed by atoms with Crippen LogP contribution < -0.4 is 10.2 Å². The van der Waals surface area contributed by atoms with Crippen LogP contribution in [-0.2, 0) is 6.42 Å². The van der Waals surface area contributed by atoms with Crippen molar-refractivity contribution in [3.63, 3.8) is 0 Å². The fourth-order valence-corrected chi connectivity index (χ4v) is 3.42. The molecule has 1 N–H and O–H groups in total. The molecule has 130 valence electrons. The van der Waals surface area contributed by atoms with E-state index in [1.54, 1.807) is 41.6 Å². The number of fused-ring (bicyclic) bond motifs is 1. The van der Waals surface area contributed by atoms with Crippen LogP contribution in [0.1, 0.15) is 15.9 Å². The molecule has 1 aliphatic rings. The summed E-state index contributed by atoms with van der Waals surface area (Å²) in [4.78, 5) is 18.9. The van der Waals surface area contributed by atoms with Gasteiger partial charge in [0.25, 0.3) is 5.91 Å². The zero-order valence-electron chi connectivity index (χ0n) is 13.7. The molecule has 0 saturated heterocycles. The summed E-state index contributed by atoms with van der Waals surface area (Å²) < 4.78 is 0. The molecule has 6 heteroatoms. The lowest BCUT2D eigenvalue weighted by atomic mass is 10.2. The maximum absolute atomic E-state index is 12.9. The van der Waals surface area contributed by atoms with E-state index < -0.39 is 0 Å². The molecular weight excluding hydrogens is 369 g/mol. The molecule has 3 aromatic rings. The van der Waals surface area contributed by atoms with Crippen molar-refractivity contribution in [2.45, 2.75) is 6.42 Å². The summed E-state index contributed by atoms with van der Waals surface area (Å²) in [6.45, 7) is 0.677. The molecule has 2 heterocycles. The number of hydrogen-bond acceptors (Lipinski definition) is 3. The Kier molecular flexibility index (Phi) is 4.53. The predicted molar refractivity (Wildman–Crippen MR) is 106 cm³/mol. The van der Waals surface area contributed by atoms with Crippen molar-refractivity contribution >= 4 is 46.2 Å². The normalized spacial score (nSPS) is 12.8. The second-order valence-corrected chi connectivity index (χ2v) is 6.89. The zero-order chi connectivity index (χ0) is 18.1. The third-order valence-electron chi connectivity index (χ3n) is 4.32. The van der Waals surface area contributed by atoms with Crippen LogP contribution in [0.4, 0.5) is 17.1 Å². The Balaban J connectivity index is 1.60. The molecule has 0 aliphatic carbocycles. The van der Waals surface area contributed by atoms with Gasteiger partial charge in [-0.25, -0.2) is 0 Å². The monoisotopic (exact) mass is 383 g/mol. The summed E-state index contributed by atoms with van der Waals surface area (Å²) in [5, 5.41) is 4.28. The number of carbonyl (C=O) groups is 1. The van der Waals surface area contributed by atoms with Crippen molar-refractivity contribution in [1.82, 2.24) is 4.98 Å². The molecule has 0 bridgehead atoms. The number of hydrogen-bond donors (Lipinski definition) is 1. The molecule has 0 radical (unpaired) electrons. The third kappa shape index (κ3) is 3.26. The van der Waals surface area contributed by atoms with Crippen LogP contribution in [0.3, 0.4) is 0 Å². The lowest BCUT2D eigenvalue weighted by molar-refractivity contribution is 0.0989. The summed E-state index contributed by atoms with van der Waals surface area (Å²) in [5.41, 5.74) is 4.01. The van der Waals surface area contributed by atoms with Gasteiger partial charge in [-0.3, -0.25) is 9.78 Å². The van der Waals surface area contributed by atoms with Gasteiger partial charge in [-0.2, -0.15) is 0 Å². The van der Waals surface area contributed by atoms with Crippen LogP contribution in [0.25, 0.3) is 0 Å². The highest BCUT2D eigenvalue weighted by atomic mass is 35.5. The number of anilines is 3. The van der Waals surface area contributed by atoms with E-state index in [-0.39, 0.29) is 5.91 Å². The summed E-state index contributed by atoms with van der Waals surface area (Å²) >= 11 is 12.2. The van der Waals surface area contributed by atoms with Crippen molar-refractivity contribution in [2.75, 3.05) is 16.8 Å². The second kappa shape index (κ2) is 6.98. The van der Waals surface area contributed by atoms with E-state index in [1.807, 2.05) is 18.2 Å². The van der Waals surface area contributed by atoms with Crippen LogP contribution in [0.5, 0.6) is 0 Å². The molecule has 0 atom stereocenters. The Morgan fingerprint density at radius 2 is 1.92 bits per heavy atom. The van der Waals surface area contributed by atoms with E-state index in [1.165, 1.54) is 5.56 Å². The Labute approximate surface area is 161 Å². The predicted octanol–water partition coefficient (Wildman–Crippen LogP) is 5.33. The topological polar surface area (TPSA) is 45.2 Å². The van der Waals surface area contributed by atoms with Crippen molar-refractivity contribution in [3.05, 3.63) is 82.1 Å². The first kappa shape index (κ1) is 16.9. The van der Waals surface area contributed by atoms with Crippen LogP contribution in [0, 0.1) is 0 Å². The Morgan fingerprint density at radius 1 is 1.08 bits per heavy atom. The molecule has 0 fully saturated rings. The van der Waals surface area contributed by atoms with Crippen molar-refractivity contribution in [3.8, 4) is 0 Å². The Morgan fingerprint density at radius 3 is 2.81 bits per heavy atom. The van der Waals surface area contributed by atoms with Gasteiger partial charge in [0.15, 0.2) is 0 Å². The molecule has 4 nitrogen and oxygen atoms in total. The highest BCUT2D eigenvalue weighted by Crippen LogP contribution is 2.31. The molecule has 0 spiro atoms. The lowest BCUT2D eigenvalue weighted by Crippen LogP contribution is -2.29. The van der Waals surface area contributed by atoms with Gasteiger partial charge in [0.05, 0.1) is 28.2 Å². The number of para-hydroxylation sites is 1. The van der Waals surface area contributed by atoms with Crippen LogP contribution in [0.2, 0.25) is 10.0 Å². The molecule has 26 heavy (non-hydrogen) atoms. The zero-order valence-corrected chi connectivity index (χ0v) is 15.3. The van der Waals surface area contributed by atoms with Gasteiger partial charge < -0.3 is 10.2 Å². The smallest absolute Gasteiger partial charge is 0.259 e. The number of benzene rings is 2. The number of amides is 1. The number of carbonyl (C=O) groups excluding carboxylic acids is 1. The van der Waals surface area contributed by atoms with E-state index in [2.05, 4.69) is 16.4 Å². The molecule has 4 rings (SSSR count). The number of aromatic nitrogens is 1. The number of nitrogens with one attached hydrogen (secondary N) is 1. The molecule has 1 aromatic heterocycles. The fraction of sp³-hybridized carbons (Fsp3) is 0.100. The van der Waals surface area contributed by atoms with Gasteiger partial charge in [-0.15, -0.1) is 0 Å². The molecule has 0 unspecified atom stereocenters. The minimum Gasteiger partial charge on any atom is -0.353 e. The highest BCUT2D eigenvalue weighted by Gasteiger charge is 2.25. The van der Waals surface area contributed by atoms with Gasteiger partial charge in [-0.1, -0.05) is 41.4 Å². The van der Waals surface area contributed by atoms with Crippen molar-refractivity contribution in [2.24, 2.45) is 0 Å². The minimum atomic E-state index is -0.0664. The fourth-order valence-electron chi connectivity index (χ4n) is 3.08. The van der Waals surface area contributed by atoms with Crippen molar-refractivity contribution < 1.29 is 4.79 Å². The van der Waals surface area contributed by atoms with Gasteiger partial charge in [-0.05, 0) is 42.3 Å². The molecule has 0 saturated carbocycles. The molecule has 1 aliphatic heterocycles. The number of halogens is 2. The van der Waals surface area contributed by atoms with E-state index in [0.717, 1.165) is 12.1 Å². The van der Waals surface area contributed by atoms with Crippen molar-refractivity contribution in [1.29, 1.82) is 0 Å². The minimum absolute atomic E-state index is 0.0664. The van der Waals surface area contributed by atoms with Gasteiger partial charge in [0.2, 0.25) is 0 Å². The quantitative estimate of drug-likeness (QED) is 0.664. The Hall–Kier alpha value is -2.56. The average Bonchev–Trinajstić information content (AvgIpc) is 3.08. The number of rotatable bonds is 3. The van der Waals surface area contributed by atoms with Crippen LogP contribution >= 0.6 is 23.2 Å². The van der Waals surface area contributed by atoms with E-state index in [9.17, 15) is 4.79 Å². The molecule has 2 aromatic carbocycles. The first-order valence-electron chi connectivity index (χ1n) is 8.19. The van der Waals surface area contributed by atoms with Gasteiger partial charge in [0.1, 0.15) is 0 Å². The molecular formula is C20H15Cl2N3O. The standard InChI is InChI=1S/C20H15Cl2N3O/c21-15-5-6-17(22)18(10-15)24-16-9-14(11-23-12-16)20(26)25-8-7-13-3-1-2-4-19(13)25/h1-6,9-12,24H,7-8H2. The summed E-state index contributed by atoms with van der Waals surface area (Å²) in [5.74, 6) is -0.0664. The summed E-state index contributed by atoms with van der Waals surface area (Å²) in [6, 6.07) is 14.9. The van der Waals surface area contributed by atoms with E-state index in [4.69, 9.17) is 23.2 Å². The Bertz CT molecular complexity index is 990. The first-order chi connectivity index (χ1) is 12.6. The lowest BCUT2D eigenvalue weighted by Gasteiger charge is -2.17. The number of pyridine rings is 1. The van der Waals surface area contributed by atoms with Crippen LogP contribution in [-0.4, -0.2) is 17.4 Å². The summed E-state index contributed by atoms with van der Waals surface area (Å²) in [7, 11) is 0. The van der Waals surface area contributed by atoms with Gasteiger partial charge >= 0.3 is 0 Å². The van der Waals surface area contributed by atoms with E-state index in [0.29, 0.717) is 33.5 Å². The highest BCUT2D eigenvalue weighted by molar-refractivity contribution is 6.35. The maximum Gasteiger partial charge on any atom is 0.259 e. The second-order valence-electron chi connectivity index (χ2n) is 6.05. The molecule has 1 amide bonds. The average molecular weight is 384 g/mol. The maximum atomic E-state index is 12.9.